The molecule has 0 aliphatic carbocycles. The van der Waals surface area contributed by atoms with E-state index in [1.54, 1.807) is 37.3 Å². The number of carboxylic acids is 1. The van der Waals surface area contributed by atoms with Crippen molar-refractivity contribution in [1.82, 2.24) is 4.90 Å². The maximum Gasteiger partial charge on any atom is 0.311 e. The second kappa shape index (κ2) is 8.34. The normalized spacial score (nSPS) is 20.4. The second-order valence-corrected chi connectivity index (χ2v) is 6.70. The van der Waals surface area contributed by atoms with Crippen molar-refractivity contribution in [2.24, 2.45) is 5.41 Å². The van der Waals surface area contributed by atoms with Gasteiger partial charge in [-0.25, -0.2) is 0 Å². The summed E-state index contributed by atoms with van der Waals surface area (Å²) in [6.45, 7) is 3.25. The van der Waals surface area contributed by atoms with Crippen molar-refractivity contribution in [3.63, 3.8) is 0 Å². The molecule has 1 aliphatic heterocycles. The third kappa shape index (κ3) is 4.31. The van der Waals surface area contributed by atoms with E-state index in [4.69, 9.17) is 9.47 Å². The molecule has 1 saturated heterocycles. The molecule has 0 bridgehead atoms. The fourth-order valence-electron chi connectivity index (χ4n) is 3.54. The molecule has 0 saturated carbocycles. The number of piperidine rings is 1. The van der Waals surface area contributed by atoms with Crippen molar-refractivity contribution in [3.05, 3.63) is 29.3 Å². The largest absolute Gasteiger partial charge is 0.496 e. The minimum absolute atomic E-state index is 0.122. The molecule has 1 N–H and O–H groups in total. The molecule has 1 aliphatic rings. The van der Waals surface area contributed by atoms with Crippen LogP contribution in [0.4, 0.5) is 0 Å². The smallest absolute Gasteiger partial charge is 0.311 e. The van der Waals surface area contributed by atoms with Gasteiger partial charge in [0.2, 0.25) is 0 Å². The monoisotopic (exact) mass is 349 g/mol. The number of carbonyl (C=O) groups is 2. The standard InChI is InChI=1S/C19H27NO5/c1-14-12-15(6-7-16(14)25-3)17(21)20-10-4-8-19(13-20,18(22)23)9-5-11-24-2/h6-7,12H,4-5,8-11,13H2,1-3H3,(H,22,23)/t19-/m0/s1. The van der Waals surface area contributed by atoms with Crippen LogP contribution >= 0.6 is 0 Å². The fraction of sp³-hybridized carbons (Fsp3) is 0.579. The molecule has 6 heteroatoms. The maximum absolute atomic E-state index is 12.9. The highest BCUT2D eigenvalue weighted by Crippen LogP contribution is 2.36. The van der Waals surface area contributed by atoms with Gasteiger partial charge in [-0.1, -0.05) is 0 Å². The number of amides is 1. The molecule has 0 unspecified atom stereocenters. The summed E-state index contributed by atoms with van der Waals surface area (Å²) in [5.41, 5.74) is 0.569. The molecule has 0 spiro atoms. The molecule has 1 aromatic carbocycles. The number of aliphatic carboxylic acids is 1. The lowest BCUT2D eigenvalue weighted by Crippen LogP contribution is -2.50. The summed E-state index contributed by atoms with van der Waals surface area (Å²) in [6.07, 6.45) is 2.48. The fourth-order valence-corrected chi connectivity index (χ4v) is 3.54. The lowest BCUT2D eigenvalue weighted by atomic mass is 9.76. The zero-order valence-electron chi connectivity index (χ0n) is 15.2. The van der Waals surface area contributed by atoms with Gasteiger partial charge in [0.1, 0.15) is 5.75 Å². The number of nitrogens with zero attached hydrogens (tertiary/aromatic N) is 1. The Morgan fingerprint density at radius 1 is 1.32 bits per heavy atom. The molecule has 0 radical (unpaired) electrons. The molecule has 6 nitrogen and oxygen atoms in total. The minimum Gasteiger partial charge on any atom is -0.496 e. The average molecular weight is 349 g/mol. The van der Waals surface area contributed by atoms with E-state index in [-0.39, 0.29) is 12.5 Å². The first kappa shape index (κ1) is 19.2. The van der Waals surface area contributed by atoms with Gasteiger partial charge in [-0.3, -0.25) is 9.59 Å². The third-order valence-corrected chi connectivity index (χ3v) is 4.96. The number of carboxylic acid groups (broad SMARTS) is 1. The van der Waals surface area contributed by atoms with E-state index in [0.29, 0.717) is 44.4 Å². The van der Waals surface area contributed by atoms with Crippen molar-refractivity contribution < 1.29 is 24.2 Å². The highest BCUT2D eigenvalue weighted by molar-refractivity contribution is 5.95. The molecule has 2 rings (SSSR count). The minimum atomic E-state index is -0.881. The summed E-state index contributed by atoms with van der Waals surface area (Å²) in [5, 5.41) is 9.78. The maximum atomic E-state index is 12.9. The Morgan fingerprint density at radius 2 is 2.08 bits per heavy atom. The SMILES string of the molecule is COCCC[C@@]1(C(=O)O)CCCN(C(=O)c2ccc(OC)c(C)c2)C1. The van der Waals surface area contributed by atoms with Crippen LogP contribution in [0.15, 0.2) is 18.2 Å². The van der Waals surface area contributed by atoms with Crippen molar-refractivity contribution in [1.29, 1.82) is 0 Å². The first-order valence-electron chi connectivity index (χ1n) is 8.60. The Hall–Kier alpha value is -2.08. The number of carbonyl (C=O) groups excluding carboxylic acids is 1. The van der Waals surface area contributed by atoms with Gasteiger partial charge in [-0.15, -0.1) is 0 Å². The van der Waals surface area contributed by atoms with Crippen molar-refractivity contribution >= 4 is 11.9 Å². The van der Waals surface area contributed by atoms with E-state index in [0.717, 1.165) is 11.3 Å². The number of likely N-dealkylation sites (tertiary alicyclic amines) is 1. The topological polar surface area (TPSA) is 76.1 Å². The van der Waals surface area contributed by atoms with Gasteiger partial charge in [0.15, 0.2) is 0 Å². The molecule has 1 fully saturated rings. The van der Waals surface area contributed by atoms with Crippen LogP contribution in [0.2, 0.25) is 0 Å². The van der Waals surface area contributed by atoms with Gasteiger partial charge in [0, 0.05) is 32.4 Å². The quantitative estimate of drug-likeness (QED) is 0.766. The zero-order chi connectivity index (χ0) is 18.4. The Balaban J connectivity index is 2.16. The van der Waals surface area contributed by atoms with Gasteiger partial charge >= 0.3 is 5.97 Å². The van der Waals surface area contributed by atoms with E-state index in [1.165, 1.54) is 0 Å². The number of hydrogen-bond acceptors (Lipinski definition) is 4. The molecule has 1 atom stereocenters. The number of methoxy groups -OCH3 is 2. The molecule has 1 amide bonds. The summed E-state index contributed by atoms with van der Waals surface area (Å²) >= 11 is 0. The van der Waals surface area contributed by atoms with Crippen molar-refractivity contribution in [2.75, 3.05) is 33.9 Å². The van der Waals surface area contributed by atoms with Crippen LogP contribution in [-0.2, 0) is 9.53 Å². The van der Waals surface area contributed by atoms with Gasteiger partial charge in [-0.05, 0) is 56.4 Å². The van der Waals surface area contributed by atoms with Crippen LogP contribution in [-0.4, -0.2) is 55.8 Å². The number of benzene rings is 1. The number of aryl methyl sites for hydroxylation is 1. The highest BCUT2D eigenvalue weighted by Gasteiger charge is 2.43. The van der Waals surface area contributed by atoms with Gasteiger partial charge < -0.3 is 19.5 Å². The first-order valence-corrected chi connectivity index (χ1v) is 8.60. The van der Waals surface area contributed by atoms with Gasteiger partial charge in [0.05, 0.1) is 12.5 Å². The Labute approximate surface area is 148 Å². The van der Waals surface area contributed by atoms with Crippen LogP contribution in [0.5, 0.6) is 5.75 Å². The van der Waals surface area contributed by atoms with Gasteiger partial charge in [0.25, 0.3) is 5.91 Å². The van der Waals surface area contributed by atoms with Crippen LogP contribution in [0.25, 0.3) is 0 Å². The highest BCUT2D eigenvalue weighted by atomic mass is 16.5. The van der Waals surface area contributed by atoms with E-state index >= 15 is 0 Å². The Bertz CT molecular complexity index is 630. The summed E-state index contributed by atoms with van der Waals surface area (Å²) in [6, 6.07) is 5.30. The lowest BCUT2D eigenvalue weighted by molar-refractivity contribution is -0.152. The van der Waals surface area contributed by atoms with E-state index in [1.807, 2.05) is 6.92 Å². The Kier molecular flexibility index (Phi) is 6.42. The number of ether oxygens (including phenoxy) is 2. The molecule has 0 aromatic heterocycles. The van der Waals surface area contributed by atoms with Gasteiger partial charge in [-0.2, -0.15) is 0 Å². The molecule has 1 aromatic rings. The molecule has 138 valence electrons. The van der Waals surface area contributed by atoms with E-state index in [9.17, 15) is 14.7 Å². The number of rotatable bonds is 7. The lowest BCUT2D eigenvalue weighted by Gasteiger charge is -2.40. The second-order valence-electron chi connectivity index (χ2n) is 6.70. The predicted octanol–water partition coefficient (Wildman–Crippen LogP) is 2.74. The van der Waals surface area contributed by atoms with Crippen LogP contribution in [0, 0.1) is 12.3 Å². The third-order valence-electron chi connectivity index (χ3n) is 4.96. The van der Waals surface area contributed by atoms with Crippen LogP contribution < -0.4 is 4.74 Å². The van der Waals surface area contributed by atoms with Crippen LogP contribution in [0.1, 0.15) is 41.6 Å². The first-order chi connectivity index (χ1) is 11.9. The predicted molar refractivity (Wildman–Crippen MR) is 94.0 cm³/mol. The summed E-state index contributed by atoms with van der Waals surface area (Å²) in [5.74, 6) is -0.218. The van der Waals surface area contributed by atoms with Crippen LogP contribution in [0.3, 0.4) is 0 Å². The Morgan fingerprint density at radius 3 is 2.68 bits per heavy atom. The van der Waals surface area contributed by atoms with Crippen molar-refractivity contribution in [3.8, 4) is 5.75 Å². The molecule has 25 heavy (non-hydrogen) atoms. The average Bonchev–Trinajstić information content (AvgIpc) is 2.61. The zero-order valence-corrected chi connectivity index (χ0v) is 15.2. The summed E-state index contributed by atoms with van der Waals surface area (Å²) in [4.78, 5) is 26.4. The molecular weight excluding hydrogens is 322 g/mol. The molecule has 1 heterocycles. The van der Waals surface area contributed by atoms with Crippen molar-refractivity contribution in [2.45, 2.75) is 32.6 Å². The summed E-state index contributed by atoms with van der Waals surface area (Å²) < 4.78 is 10.3. The van der Waals surface area contributed by atoms with E-state index < -0.39 is 11.4 Å². The van der Waals surface area contributed by atoms with E-state index in [2.05, 4.69) is 0 Å². The summed E-state index contributed by atoms with van der Waals surface area (Å²) in [7, 11) is 3.20. The molecular formula is C19H27NO5. The number of hydrogen-bond donors (Lipinski definition) is 1.